The number of hydrogen-bond acceptors (Lipinski definition) is 10. The van der Waals surface area contributed by atoms with Crippen LogP contribution in [0, 0.1) is 11.6 Å². The molecule has 0 amide bonds. The molecule has 5 heterocycles. The van der Waals surface area contributed by atoms with Crippen molar-refractivity contribution in [1.82, 2.24) is 9.97 Å². The Labute approximate surface area is 269 Å². The van der Waals surface area contributed by atoms with Crippen LogP contribution < -0.4 is 16.9 Å². The van der Waals surface area contributed by atoms with Crippen molar-refractivity contribution in [2.75, 3.05) is 11.5 Å². The van der Waals surface area contributed by atoms with Crippen LogP contribution in [0.3, 0.4) is 0 Å². The molecule has 2 aromatic heterocycles. The predicted octanol–water partition coefficient (Wildman–Crippen LogP) is 4.92. The monoisotopic (exact) mass is 682 g/mol. The van der Waals surface area contributed by atoms with Gasteiger partial charge in [-0.15, -0.1) is 0 Å². The fraction of sp³-hybridized carbons (Fsp3) is 0.643. The van der Waals surface area contributed by atoms with Gasteiger partial charge in [-0.25, -0.2) is 8.78 Å². The molecule has 2 aromatic rings. The Kier molecular flexibility index (Phi) is 10.4. The molecule has 10 nitrogen and oxygen atoms in total. The summed E-state index contributed by atoms with van der Waals surface area (Å²) in [5.74, 6) is -1.05. The van der Waals surface area contributed by atoms with Crippen LogP contribution in [0.15, 0.2) is 29.3 Å². The quantitative estimate of drug-likeness (QED) is 0.421. The average molecular weight is 683 g/mol. The van der Waals surface area contributed by atoms with Gasteiger partial charge >= 0.3 is 21.1 Å². The Morgan fingerprint density at radius 2 is 0.864 bits per heavy atom. The fourth-order valence-electron chi connectivity index (χ4n) is 4.04. The Hall–Kier alpha value is -1.81. The first kappa shape index (κ1) is 36.7. The molecule has 4 N–H and O–H groups in total. The van der Waals surface area contributed by atoms with E-state index < -0.39 is 44.0 Å². The van der Waals surface area contributed by atoms with Crippen molar-refractivity contribution < 1.29 is 36.7 Å². The molecular weight excluding hydrogens is 639 g/mol. The largest absolute Gasteiger partial charge is 0.498 e. The van der Waals surface area contributed by atoms with E-state index in [1.807, 2.05) is 83.1 Å². The highest BCUT2D eigenvalue weighted by Crippen LogP contribution is 2.43. The second-order valence-corrected chi connectivity index (χ2v) is 14.8. The van der Waals surface area contributed by atoms with Gasteiger partial charge in [-0.05, 0) is 99.0 Å². The molecule has 0 radical (unpaired) electrons. The molecule has 242 valence electrons. The van der Waals surface area contributed by atoms with Gasteiger partial charge in [0.1, 0.15) is 0 Å². The standard InChI is InChI=1S/C12H24B2O4.C11H16BFN2O2.C5H4BrFN2/c1-9(2)10(3,4)16-13(15-9)14-17-11(5,6)12(7,8)18-14;1-10(2)11(3,4)17-12(16-10)7-5-15-6-8(13)9(7)14;6-3-1-9-2-4(7)5(3)8/h1-8H3;5-6H,1-4H3,(H2,14,15);1-2H,(H2,8,9). The number of halogens is 3. The summed E-state index contributed by atoms with van der Waals surface area (Å²) in [6, 6.07) is 0. The number of rotatable bonds is 2. The molecular formula is C28H44B3BrF2N4O6. The third kappa shape index (κ3) is 7.42. The van der Waals surface area contributed by atoms with Crippen LogP contribution in [0.5, 0.6) is 0 Å². The van der Waals surface area contributed by atoms with E-state index in [0.717, 1.165) is 12.4 Å². The Morgan fingerprint density at radius 3 is 1.20 bits per heavy atom. The molecule has 0 spiro atoms. The highest BCUT2D eigenvalue weighted by atomic mass is 79.9. The van der Waals surface area contributed by atoms with Crippen molar-refractivity contribution in [3.8, 4) is 0 Å². The van der Waals surface area contributed by atoms with Crippen LogP contribution in [0.4, 0.5) is 20.2 Å². The summed E-state index contributed by atoms with van der Waals surface area (Å²) in [6.07, 6.45) is 5.06. The molecule has 0 atom stereocenters. The molecule has 0 aromatic carbocycles. The highest BCUT2D eigenvalue weighted by Gasteiger charge is 2.63. The van der Waals surface area contributed by atoms with Crippen LogP contribution in [-0.2, 0) is 27.9 Å². The summed E-state index contributed by atoms with van der Waals surface area (Å²) in [7, 11) is -1.63. The van der Waals surface area contributed by atoms with Gasteiger partial charge in [0.25, 0.3) is 0 Å². The van der Waals surface area contributed by atoms with Crippen LogP contribution in [0.1, 0.15) is 83.1 Å². The molecule has 0 aliphatic carbocycles. The van der Waals surface area contributed by atoms with Gasteiger partial charge in [-0.2, -0.15) is 0 Å². The molecule has 5 rings (SSSR count). The highest BCUT2D eigenvalue weighted by molar-refractivity contribution is 9.10. The van der Waals surface area contributed by atoms with E-state index in [9.17, 15) is 8.78 Å². The van der Waals surface area contributed by atoms with Crippen molar-refractivity contribution in [2.24, 2.45) is 0 Å². The second-order valence-electron chi connectivity index (χ2n) is 14.0. The molecule has 3 aliphatic rings. The van der Waals surface area contributed by atoms with Crippen molar-refractivity contribution in [3.63, 3.8) is 0 Å². The fourth-order valence-corrected chi connectivity index (χ4v) is 4.35. The van der Waals surface area contributed by atoms with Crippen LogP contribution in [0.25, 0.3) is 0 Å². The lowest BCUT2D eigenvalue weighted by molar-refractivity contribution is 0.00578. The van der Waals surface area contributed by atoms with E-state index in [0.29, 0.717) is 9.94 Å². The van der Waals surface area contributed by atoms with E-state index in [1.54, 1.807) is 0 Å². The van der Waals surface area contributed by atoms with Crippen LogP contribution >= 0.6 is 15.9 Å². The number of nitrogen functional groups attached to an aromatic ring is 2. The van der Waals surface area contributed by atoms with Crippen LogP contribution in [0.2, 0.25) is 0 Å². The van der Waals surface area contributed by atoms with Gasteiger partial charge in [0.05, 0.1) is 61.8 Å². The number of nitrogens with two attached hydrogens (primary N) is 2. The van der Waals surface area contributed by atoms with E-state index in [2.05, 4.69) is 25.9 Å². The lowest BCUT2D eigenvalue weighted by Crippen LogP contribution is -2.41. The maximum atomic E-state index is 13.3. The minimum atomic E-state index is -0.678. The molecule has 3 aliphatic heterocycles. The van der Waals surface area contributed by atoms with E-state index in [4.69, 9.17) is 39.4 Å². The van der Waals surface area contributed by atoms with Gasteiger partial charge in [0.15, 0.2) is 11.6 Å². The maximum Gasteiger partial charge on any atom is 0.498 e. The zero-order valence-corrected chi connectivity index (χ0v) is 29.3. The summed E-state index contributed by atoms with van der Waals surface area (Å²) in [6.45, 7) is 23.9. The number of hydrogen-bond donors (Lipinski definition) is 2. The zero-order valence-electron chi connectivity index (χ0n) is 27.7. The van der Waals surface area contributed by atoms with Crippen molar-refractivity contribution in [1.29, 1.82) is 0 Å². The molecule has 16 heteroatoms. The van der Waals surface area contributed by atoms with Crippen molar-refractivity contribution in [3.05, 3.63) is 40.9 Å². The Bertz CT molecular complexity index is 1250. The van der Waals surface area contributed by atoms with Crippen LogP contribution in [-0.4, -0.2) is 64.7 Å². The Morgan fingerprint density at radius 1 is 0.545 bits per heavy atom. The summed E-state index contributed by atoms with van der Waals surface area (Å²) < 4.78 is 61.6. The third-order valence-corrected chi connectivity index (χ3v) is 9.76. The number of aromatic nitrogens is 2. The Balaban J connectivity index is 0.000000190. The molecule has 0 bridgehead atoms. The summed E-state index contributed by atoms with van der Waals surface area (Å²) >= 11 is 3.02. The minimum Gasteiger partial charge on any atom is -0.405 e. The maximum absolute atomic E-state index is 13.3. The molecule has 3 fully saturated rings. The van der Waals surface area contributed by atoms with E-state index in [1.165, 1.54) is 12.4 Å². The molecule has 3 saturated heterocycles. The summed E-state index contributed by atoms with van der Waals surface area (Å²) in [4.78, 5) is 7.31. The minimum absolute atomic E-state index is 0.0264. The molecule has 0 saturated carbocycles. The van der Waals surface area contributed by atoms with Gasteiger partial charge in [0.2, 0.25) is 0 Å². The SMILES string of the molecule is CC1(C)OB(B2OC(C)(C)C(C)(C)O2)OC1(C)C.CC1(C)OB(c2cncc(F)c2N)OC1(C)C.Nc1c(F)cncc1Br. The van der Waals surface area contributed by atoms with Crippen molar-refractivity contribution in [2.45, 2.75) is 117 Å². The topological polar surface area (TPSA) is 133 Å². The zero-order chi connectivity index (χ0) is 33.7. The summed E-state index contributed by atoms with van der Waals surface area (Å²) in [5.41, 5.74) is 9.06. The van der Waals surface area contributed by atoms with Gasteiger partial charge in [-0.3, -0.25) is 9.97 Å². The van der Waals surface area contributed by atoms with E-state index >= 15 is 0 Å². The molecule has 0 unspecified atom stereocenters. The first-order valence-corrected chi connectivity index (χ1v) is 15.1. The van der Waals surface area contributed by atoms with Gasteiger partial charge in [-0.1, -0.05) is 0 Å². The first-order chi connectivity index (χ1) is 19.8. The first-order valence-electron chi connectivity index (χ1n) is 14.3. The predicted molar refractivity (Wildman–Crippen MR) is 173 cm³/mol. The number of pyridine rings is 2. The molecule has 44 heavy (non-hydrogen) atoms. The van der Waals surface area contributed by atoms with Gasteiger partial charge < -0.3 is 39.4 Å². The van der Waals surface area contributed by atoms with Gasteiger partial charge in [0, 0.05) is 17.9 Å². The third-order valence-electron chi connectivity index (χ3n) is 9.13. The van der Waals surface area contributed by atoms with E-state index in [-0.39, 0.29) is 33.8 Å². The second kappa shape index (κ2) is 12.4. The average Bonchev–Trinajstić information content (AvgIpc) is 3.33. The lowest BCUT2D eigenvalue weighted by Gasteiger charge is -2.32. The normalized spacial score (nSPS) is 23.5. The van der Waals surface area contributed by atoms with Crippen molar-refractivity contribution >= 4 is 53.9 Å². The smallest absolute Gasteiger partial charge is 0.405 e. The summed E-state index contributed by atoms with van der Waals surface area (Å²) in [5, 5.41) is 0. The lowest BCUT2D eigenvalue weighted by atomic mass is 9.49. The number of anilines is 2. The number of nitrogens with zero attached hydrogens (tertiary/aromatic N) is 2.